The maximum absolute atomic E-state index is 11.6. The van der Waals surface area contributed by atoms with Crippen LogP contribution in [-0.4, -0.2) is 22.3 Å². The number of halogens is 3. The van der Waals surface area contributed by atoms with Crippen molar-refractivity contribution in [1.29, 1.82) is 0 Å². The fourth-order valence-electron chi connectivity index (χ4n) is 4.17. The molecule has 1 aromatic heterocycles. The molecule has 30 heavy (non-hydrogen) atoms. The van der Waals surface area contributed by atoms with Gasteiger partial charge in [0.1, 0.15) is 0 Å². The molecule has 1 aliphatic heterocycles. The molecule has 1 amide bonds. The van der Waals surface area contributed by atoms with Crippen molar-refractivity contribution in [2.45, 2.75) is 25.3 Å². The zero-order valence-corrected chi connectivity index (χ0v) is 20.0. The van der Waals surface area contributed by atoms with E-state index in [0.717, 1.165) is 18.5 Å². The van der Waals surface area contributed by atoms with E-state index in [-0.39, 0.29) is 11.7 Å². The quantitative estimate of drug-likeness (QED) is 0.439. The highest BCUT2D eigenvalue weighted by atomic mass is 127. The lowest BCUT2D eigenvalue weighted by Gasteiger charge is -2.44. The Hall–Kier alpha value is -1.77. The molecule has 3 atom stereocenters. The van der Waals surface area contributed by atoms with Crippen molar-refractivity contribution in [3.63, 3.8) is 0 Å². The van der Waals surface area contributed by atoms with Gasteiger partial charge in [-0.1, -0.05) is 48.3 Å². The van der Waals surface area contributed by atoms with Gasteiger partial charge in [0.15, 0.2) is 5.69 Å². The number of aromatic nitrogens is 2. The Labute approximate surface area is 199 Å². The van der Waals surface area contributed by atoms with Crippen LogP contribution in [0, 0.1) is 9.49 Å². The first kappa shape index (κ1) is 21.5. The third-order valence-electron chi connectivity index (χ3n) is 5.74. The summed E-state index contributed by atoms with van der Waals surface area (Å²) in [6.45, 7) is 3.00. The monoisotopic (exact) mass is 554 g/mol. The largest absolute Gasteiger partial charge is 0.364 e. The molecule has 0 saturated carbocycles. The average molecular weight is 555 g/mol. The van der Waals surface area contributed by atoms with Crippen LogP contribution in [0.1, 0.15) is 46.9 Å². The van der Waals surface area contributed by atoms with Gasteiger partial charge in [-0.05, 0) is 76.4 Å². The molecule has 0 aliphatic carbocycles. The molecule has 1 aliphatic rings. The summed E-state index contributed by atoms with van der Waals surface area (Å²) >= 11 is 15.0. The Bertz CT molecular complexity index is 1070. The van der Waals surface area contributed by atoms with Gasteiger partial charge in [0.25, 0.3) is 5.91 Å². The first-order chi connectivity index (χ1) is 14.3. The molecule has 2 N–H and O–H groups in total. The van der Waals surface area contributed by atoms with Gasteiger partial charge >= 0.3 is 0 Å². The van der Waals surface area contributed by atoms with Crippen LogP contribution in [0.5, 0.6) is 0 Å². The van der Waals surface area contributed by atoms with Gasteiger partial charge in [-0.25, -0.2) is 0 Å². The first-order valence-corrected chi connectivity index (χ1v) is 11.5. The third-order valence-corrected chi connectivity index (χ3v) is 7.02. The lowest BCUT2D eigenvalue weighted by molar-refractivity contribution is 0.0994. The number of primary amides is 1. The highest BCUT2D eigenvalue weighted by molar-refractivity contribution is 14.1. The topological polar surface area (TPSA) is 64.2 Å². The van der Waals surface area contributed by atoms with Crippen LogP contribution in [-0.2, 0) is 0 Å². The van der Waals surface area contributed by atoms with Gasteiger partial charge in [-0.15, -0.1) is 5.10 Å². The highest BCUT2D eigenvalue weighted by Gasteiger charge is 2.36. The molecule has 2 heterocycles. The van der Waals surface area contributed by atoms with Crippen LogP contribution in [0.2, 0.25) is 10.0 Å². The second kappa shape index (κ2) is 8.77. The van der Waals surface area contributed by atoms with E-state index in [1.165, 1.54) is 9.13 Å². The number of carbonyl (C=O) groups is 1. The summed E-state index contributed by atoms with van der Waals surface area (Å²) in [5.74, 6) is 0.184. The Kier molecular flexibility index (Phi) is 6.27. The van der Waals surface area contributed by atoms with Crippen LogP contribution in [0.3, 0.4) is 0 Å². The van der Waals surface area contributed by atoms with E-state index < -0.39 is 5.91 Å². The summed E-state index contributed by atoms with van der Waals surface area (Å²) in [4.78, 5) is 13.3. The summed E-state index contributed by atoms with van der Waals surface area (Å²) < 4.78 is 1.21. The molecule has 8 heteroatoms. The van der Waals surface area contributed by atoms with E-state index in [0.29, 0.717) is 21.9 Å². The average Bonchev–Trinajstić information content (AvgIpc) is 3.19. The molecule has 1 fully saturated rings. The van der Waals surface area contributed by atoms with E-state index in [1.54, 1.807) is 23.1 Å². The van der Waals surface area contributed by atoms with Gasteiger partial charge in [0, 0.05) is 32.3 Å². The van der Waals surface area contributed by atoms with E-state index in [1.807, 2.05) is 12.1 Å². The minimum absolute atomic E-state index is 0.00880. The number of benzene rings is 2. The molecule has 0 bridgehead atoms. The maximum Gasteiger partial charge on any atom is 0.269 e. The number of hydrogen-bond acceptors (Lipinski definition) is 3. The van der Waals surface area contributed by atoms with Crippen molar-refractivity contribution < 1.29 is 4.79 Å². The van der Waals surface area contributed by atoms with Crippen molar-refractivity contribution in [3.05, 3.63) is 85.2 Å². The zero-order chi connectivity index (χ0) is 21.4. The molecular weight excluding hydrogens is 534 g/mol. The minimum atomic E-state index is -0.547. The maximum atomic E-state index is 11.6. The van der Waals surface area contributed by atoms with Gasteiger partial charge in [-0.3, -0.25) is 9.80 Å². The summed E-state index contributed by atoms with van der Waals surface area (Å²) in [5.41, 5.74) is 7.94. The predicted octanol–water partition coefficient (Wildman–Crippen LogP) is 5.40. The normalized spacial score (nSPS) is 21.6. The van der Waals surface area contributed by atoms with Crippen molar-refractivity contribution in [2.24, 2.45) is 11.7 Å². The van der Waals surface area contributed by atoms with Crippen LogP contribution in [0.4, 0.5) is 0 Å². The van der Waals surface area contributed by atoms with Gasteiger partial charge in [0.2, 0.25) is 0 Å². The number of piperidine rings is 1. The highest BCUT2D eigenvalue weighted by Crippen LogP contribution is 2.42. The summed E-state index contributed by atoms with van der Waals surface area (Å²) in [5, 5.41) is 7.81. The lowest BCUT2D eigenvalue weighted by atomic mass is 9.78. The molecule has 5 nitrogen and oxygen atoms in total. The zero-order valence-electron chi connectivity index (χ0n) is 16.3. The molecule has 0 spiro atoms. The third kappa shape index (κ3) is 4.31. The number of nitrogens with zero attached hydrogens (tertiary/aromatic N) is 3. The van der Waals surface area contributed by atoms with Crippen LogP contribution in [0.25, 0.3) is 0 Å². The molecule has 3 aromatic rings. The van der Waals surface area contributed by atoms with Gasteiger partial charge < -0.3 is 5.73 Å². The van der Waals surface area contributed by atoms with E-state index in [2.05, 4.69) is 63.9 Å². The number of rotatable bonds is 4. The summed E-state index contributed by atoms with van der Waals surface area (Å²) in [6.07, 6.45) is 2.65. The standard InChI is InChI=1S/C22H21Cl2IN4O/c1-13-10-21(17-7-4-15(23)11-19(17)24)28(29-9-8-20(27-29)22(26)30)12-18(13)14-2-5-16(25)6-3-14/h2-9,11,13,18,21H,10,12H2,1H3,(H2,26,30). The molecule has 0 radical (unpaired) electrons. The fourth-order valence-corrected chi connectivity index (χ4v) is 5.06. The Balaban J connectivity index is 1.75. The minimum Gasteiger partial charge on any atom is -0.364 e. The smallest absolute Gasteiger partial charge is 0.269 e. The van der Waals surface area contributed by atoms with E-state index in [9.17, 15) is 4.79 Å². The second-order valence-corrected chi connectivity index (χ2v) is 9.75. The predicted molar refractivity (Wildman–Crippen MR) is 129 cm³/mol. The lowest BCUT2D eigenvalue weighted by Crippen LogP contribution is -2.47. The molecule has 2 aromatic carbocycles. The SMILES string of the molecule is CC1CC(c2ccc(Cl)cc2Cl)N(n2ccc(C(N)=O)n2)CC1c1ccc(I)cc1. The second-order valence-electron chi connectivity index (χ2n) is 7.66. The van der Waals surface area contributed by atoms with Gasteiger partial charge in [-0.2, -0.15) is 4.79 Å². The number of nitrogens with two attached hydrogens (primary N) is 1. The molecule has 3 unspecified atom stereocenters. The first-order valence-electron chi connectivity index (χ1n) is 9.66. The van der Waals surface area contributed by atoms with Gasteiger partial charge in [0.05, 0.1) is 6.04 Å². The molecular formula is C22H21Cl2IN4O. The summed E-state index contributed by atoms with van der Waals surface area (Å²) in [7, 11) is 0. The Morgan fingerprint density at radius 3 is 2.53 bits per heavy atom. The van der Waals surface area contributed by atoms with E-state index in [4.69, 9.17) is 28.9 Å². The fraction of sp³-hybridized carbons (Fsp3) is 0.273. The van der Waals surface area contributed by atoms with Crippen molar-refractivity contribution >= 4 is 51.7 Å². The van der Waals surface area contributed by atoms with Crippen LogP contribution >= 0.6 is 45.8 Å². The molecule has 156 valence electrons. The molecule has 1 saturated heterocycles. The molecule has 4 rings (SSSR count). The van der Waals surface area contributed by atoms with Crippen molar-refractivity contribution in [3.8, 4) is 0 Å². The Morgan fingerprint density at radius 1 is 1.17 bits per heavy atom. The number of hydrogen-bond donors (Lipinski definition) is 1. The van der Waals surface area contributed by atoms with E-state index >= 15 is 0 Å². The van der Waals surface area contributed by atoms with Crippen LogP contribution < -0.4 is 10.7 Å². The summed E-state index contributed by atoms with van der Waals surface area (Å²) in [6, 6.07) is 15.9. The van der Waals surface area contributed by atoms with Crippen LogP contribution in [0.15, 0.2) is 54.7 Å². The Morgan fingerprint density at radius 2 is 1.90 bits per heavy atom. The van der Waals surface area contributed by atoms with Crippen molar-refractivity contribution in [2.75, 3.05) is 11.6 Å². The van der Waals surface area contributed by atoms with Crippen molar-refractivity contribution in [1.82, 2.24) is 9.89 Å². The number of carbonyl (C=O) groups excluding carboxylic acids is 1. The number of amides is 1.